The summed E-state index contributed by atoms with van der Waals surface area (Å²) in [7, 11) is 0. The average Bonchev–Trinajstić information content (AvgIpc) is 3.33. The molecule has 1 fully saturated rings. The zero-order chi connectivity index (χ0) is 17.6. The minimum atomic E-state index is -1.32. The van der Waals surface area contributed by atoms with Crippen LogP contribution in [0.15, 0.2) is 41.6 Å². The number of aromatic nitrogens is 6. The van der Waals surface area contributed by atoms with E-state index >= 15 is 0 Å². The Kier molecular flexibility index (Phi) is 2.94. The first kappa shape index (κ1) is 13.1. The van der Waals surface area contributed by atoms with E-state index < -0.39 is 17.6 Å². The molecule has 0 bridgehead atoms. The molecular weight excluding hydrogens is 312 g/mol. The molecule has 1 saturated carbocycles. The fourth-order valence-electron chi connectivity index (χ4n) is 2.38. The van der Waals surface area contributed by atoms with Crippen LogP contribution in [0.1, 0.15) is 30.7 Å². The second kappa shape index (κ2) is 5.37. The van der Waals surface area contributed by atoms with Gasteiger partial charge >= 0.3 is 5.97 Å². The second-order valence-corrected chi connectivity index (χ2v) is 5.42. The summed E-state index contributed by atoms with van der Waals surface area (Å²) < 4.78 is 10.3. The lowest BCUT2D eigenvalue weighted by molar-refractivity contribution is 0.0688. The number of aromatic carboxylic acids is 1. The van der Waals surface area contributed by atoms with Crippen molar-refractivity contribution in [2.75, 3.05) is 0 Å². The van der Waals surface area contributed by atoms with Crippen molar-refractivity contribution >= 4 is 5.97 Å². The number of carbonyl (C=O) groups is 1. The Balaban J connectivity index is 1.84. The number of carboxylic acids is 1. The minimum Gasteiger partial charge on any atom is -0.476 e. The molecule has 9 nitrogen and oxygen atoms in total. The van der Waals surface area contributed by atoms with Crippen LogP contribution < -0.4 is 5.56 Å². The summed E-state index contributed by atoms with van der Waals surface area (Å²) in [6.45, 7) is 0. The lowest BCUT2D eigenvalue weighted by Gasteiger charge is -2.08. The molecule has 3 aromatic heterocycles. The topological polar surface area (TPSA) is 116 Å². The van der Waals surface area contributed by atoms with Crippen LogP contribution in [0.2, 0.25) is 0 Å². The van der Waals surface area contributed by atoms with E-state index in [9.17, 15) is 9.59 Å². The monoisotopic (exact) mass is 325 g/mol. The van der Waals surface area contributed by atoms with E-state index in [-0.39, 0.29) is 11.4 Å². The van der Waals surface area contributed by atoms with E-state index in [4.69, 9.17) is 6.48 Å². The largest absolute Gasteiger partial charge is 0.476 e. The first-order chi connectivity index (χ1) is 12.0. The fourth-order valence-corrected chi connectivity index (χ4v) is 2.38. The molecule has 0 spiro atoms. The molecule has 0 saturated heterocycles. The predicted octanol–water partition coefficient (Wildman–Crippen LogP) is 0.919. The maximum Gasteiger partial charge on any atom is 0.356 e. The average molecular weight is 325 g/mol. The third-order valence-electron chi connectivity index (χ3n) is 3.68. The van der Waals surface area contributed by atoms with Crippen molar-refractivity contribution in [1.29, 1.82) is 0 Å². The zero-order valence-corrected chi connectivity index (χ0v) is 12.3. The van der Waals surface area contributed by atoms with E-state index in [1.165, 1.54) is 6.20 Å². The molecule has 1 aliphatic carbocycles. The van der Waals surface area contributed by atoms with Crippen LogP contribution >= 0.6 is 0 Å². The van der Waals surface area contributed by atoms with Gasteiger partial charge in [0.15, 0.2) is 5.69 Å². The van der Waals surface area contributed by atoms with Gasteiger partial charge in [-0.2, -0.15) is 9.78 Å². The highest BCUT2D eigenvalue weighted by molar-refractivity contribution is 5.84. The first-order valence-corrected chi connectivity index (χ1v) is 7.25. The van der Waals surface area contributed by atoms with Crippen molar-refractivity contribution in [3.8, 4) is 16.9 Å². The molecule has 0 radical (unpaired) electrons. The molecule has 0 aliphatic heterocycles. The summed E-state index contributed by atoms with van der Waals surface area (Å²) in [6.07, 6.45) is 6.67. The number of nitrogens with zero attached hydrogens (tertiary/aromatic N) is 6. The van der Waals surface area contributed by atoms with Gasteiger partial charge in [-0.1, -0.05) is 5.21 Å². The molecule has 0 amide bonds. The van der Waals surface area contributed by atoms with Gasteiger partial charge in [0.1, 0.15) is 0 Å². The van der Waals surface area contributed by atoms with Gasteiger partial charge in [-0.3, -0.25) is 9.78 Å². The highest BCUT2D eigenvalue weighted by Gasteiger charge is 2.27. The normalized spacial score (nSPS) is 14.4. The summed E-state index contributed by atoms with van der Waals surface area (Å²) in [4.78, 5) is 27.4. The summed E-state index contributed by atoms with van der Waals surface area (Å²) in [6, 6.07) is 2.42. The van der Waals surface area contributed by atoms with Crippen LogP contribution in [-0.2, 0) is 0 Å². The smallest absolute Gasteiger partial charge is 0.356 e. The second-order valence-electron chi connectivity index (χ2n) is 5.42. The third kappa shape index (κ3) is 2.45. The molecule has 1 N–H and O–H groups in total. The third-order valence-corrected chi connectivity index (χ3v) is 3.68. The van der Waals surface area contributed by atoms with Crippen LogP contribution in [0, 0.1) is 0 Å². The van der Waals surface area contributed by atoms with Crippen molar-refractivity contribution in [3.05, 3.63) is 52.8 Å². The number of hydrogen-bond donors (Lipinski definition) is 1. The summed E-state index contributed by atoms with van der Waals surface area (Å²) in [5.41, 5.74) is 0.584. The lowest BCUT2D eigenvalue weighted by atomic mass is 10.2. The number of carboxylic acid groups (broad SMARTS) is 1. The SMILES string of the molecule is [2H]c1cc(C(=O)O)nn(-c2cncc(-c3cnnn3C3CC3)c2)c1=O. The van der Waals surface area contributed by atoms with Gasteiger partial charge in [0, 0.05) is 17.8 Å². The van der Waals surface area contributed by atoms with Gasteiger partial charge < -0.3 is 5.11 Å². The molecule has 3 aromatic rings. The van der Waals surface area contributed by atoms with Crippen molar-refractivity contribution in [1.82, 2.24) is 29.8 Å². The van der Waals surface area contributed by atoms with Crippen molar-refractivity contribution in [2.24, 2.45) is 0 Å². The van der Waals surface area contributed by atoms with E-state index in [1.807, 2.05) is 0 Å². The lowest BCUT2D eigenvalue weighted by Crippen LogP contribution is -2.22. The summed E-state index contributed by atoms with van der Waals surface area (Å²) >= 11 is 0. The Morgan fingerprint density at radius 2 is 2.17 bits per heavy atom. The molecule has 24 heavy (non-hydrogen) atoms. The first-order valence-electron chi connectivity index (χ1n) is 7.75. The van der Waals surface area contributed by atoms with Gasteiger partial charge in [-0.05, 0) is 25.0 Å². The number of pyridine rings is 1. The van der Waals surface area contributed by atoms with E-state index in [2.05, 4.69) is 20.4 Å². The van der Waals surface area contributed by atoms with Crippen LogP contribution in [-0.4, -0.2) is 40.8 Å². The summed E-state index contributed by atoms with van der Waals surface area (Å²) in [5, 5.41) is 20.9. The van der Waals surface area contributed by atoms with Gasteiger partial charge in [0.2, 0.25) is 0 Å². The fraction of sp³-hybridized carbons (Fsp3) is 0.200. The molecule has 0 unspecified atom stereocenters. The zero-order valence-electron chi connectivity index (χ0n) is 13.3. The maximum absolute atomic E-state index is 12.2. The van der Waals surface area contributed by atoms with Crippen LogP contribution in [0.4, 0.5) is 0 Å². The van der Waals surface area contributed by atoms with Gasteiger partial charge in [0.25, 0.3) is 5.56 Å². The molecule has 9 heteroatoms. The number of hydrogen-bond acceptors (Lipinski definition) is 6. The molecule has 0 atom stereocenters. The molecule has 4 rings (SSSR count). The van der Waals surface area contributed by atoms with Gasteiger partial charge in [-0.25, -0.2) is 9.48 Å². The molecule has 0 aromatic carbocycles. The molecular formula is C15H12N6O3. The van der Waals surface area contributed by atoms with E-state index in [0.29, 0.717) is 11.6 Å². The van der Waals surface area contributed by atoms with Gasteiger partial charge in [-0.15, -0.1) is 5.10 Å². The Morgan fingerprint density at radius 1 is 1.33 bits per heavy atom. The number of rotatable bonds is 4. The minimum absolute atomic E-state index is 0.266. The van der Waals surface area contributed by atoms with Crippen molar-refractivity contribution < 1.29 is 11.3 Å². The Morgan fingerprint density at radius 3 is 2.92 bits per heavy atom. The van der Waals surface area contributed by atoms with Crippen LogP contribution in [0.25, 0.3) is 16.9 Å². The Labute approximate surface area is 136 Å². The standard InChI is InChI=1S/C15H12N6O3/c22-14-4-3-12(15(23)24)18-21(14)11-5-9(6-16-7-11)13-8-17-19-20(13)10-1-2-10/h3-8,10H,1-2H2,(H,23,24)/i4D. The highest BCUT2D eigenvalue weighted by atomic mass is 16.4. The van der Waals surface area contributed by atoms with Crippen LogP contribution in [0.3, 0.4) is 0 Å². The summed E-state index contributed by atoms with van der Waals surface area (Å²) in [5.74, 6) is -1.32. The maximum atomic E-state index is 12.2. The highest BCUT2D eigenvalue weighted by Crippen LogP contribution is 2.37. The van der Waals surface area contributed by atoms with Crippen LogP contribution in [0.5, 0.6) is 0 Å². The Hall–Kier alpha value is -3.36. The van der Waals surface area contributed by atoms with E-state index in [0.717, 1.165) is 29.3 Å². The predicted molar refractivity (Wildman–Crippen MR) is 81.9 cm³/mol. The molecule has 1 aliphatic rings. The quantitative estimate of drug-likeness (QED) is 0.758. The Bertz CT molecular complexity index is 1040. The van der Waals surface area contributed by atoms with Crippen molar-refractivity contribution in [2.45, 2.75) is 18.9 Å². The van der Waals surface area contributed by atoms with E-state index in [1.54, 1.807) is 23.1 Å². The molecule has 3 heterocycles. The molecule has 120 valence electrons. The van der Waals surface area contributed by atoms with Crippen molar-refractivity contribution in [3.63, 3.8) is 0 Å². The van der Waals surface area contributed by atoms with Gasteiger partial charge in [0.05, 0.1) is 31.2 Å².